The molecule has 0 saturated carbocycles. The van der Waals surface area contributed by atoms with Gasteiger partial charge in [0.05, 0.1) is 6.04 Å². The fourth-order valence-electron chi connectivity index (χ4n) is 1.99. The summed E-state index contributed by atoms with van der Waals surface area (Å²) in [5.74, 6) is 0. The van der Waals surface area contributed by atoms with Gasteiger partial charge in [0.2, 0.25) is 0 Å². The van der Waals surface area contributed by atoms with E-state index in [1.165, 1.54) is 11.1 Å². The fourth-order valence-corrected chi connectivity index (χ4v) is 1.99. The summed E-state index contributed by atoms with van der Waals surface area (Å²) in [7, 11) is 0. The van der Waals surface area contributed by atoms with E-state index in [0.29, 0.717) is 12.1 Å². The van der Waals surface area contributed by atoms with E-state index in [0.717, 1.165) is 0 Å². The normalized spacial score (nSPS) is 20.0. The predicted octanol–water partition coefficient (Wildman–Crippen LogP) is 2.84. The molecular weight excluding hydrogens is 172 g/mol. The lowest BCUT2D eigenvalue weighted by Crippen LogP contribution is -2.30. The second kappa shape index (κ2) is 3.45. The van der Waals surface area contributed by atoms with Gasteiger partial charge in [-0.25, -0.2) is 0 Å². The van der Waals surface area contributed by atoms with Gasteiger partial charge in [0.15, 0.2) is 0 Å². The SMILES string of the molecule is CC(C)N1C=Cc2ccncc2[C@H]1C. The van der Waals surface area contributed by atoms with Gasteiger partial charge in [-0.1, -0.05) is 0 Å². The van der Waals surface area contributed by atoms with Gasteiger partial charge in [0.25, 0.3) is 0 Å². The molecule has 1 aliphatic rings. The molecule has 0 unspecified atom stereocenters. The monoisotopic (exact) mass is 188 g/mol. The maximum Gasteiger partial charge on any atom is 0.0532 e. The molecule has 2 rings (SSSR count). The first-order chi connectivity index (χ1) is 6.70. The third-order valence-corrected chi connectivity index (χ3v) is 2.81. The van der Waals surface area contributed by atoms with E-state index in [2.05, 4.69) is 49.0 Å². The van der Waals surface area contributed by atoms with E-state index < -0.39 is 0 Å². The molecule has 0 fully saturated rings. The van der Waals surface area contributed by atoms with Crippen molar-refractivity contribution in [3.8, 4) is 0 Å². The standard InChI is InChI=1S/C12H16N2/c1-9(2)14-7-5-11-4-6-13-8-12(11)10(14)3/h4-10H,1-3H3/t10-/m1/s1. The second-order valence-electron chi connectivity index (χ2n) is 4.04. The van der Waals surface area contributed by atoms with E-state index in [9.17, 15) is 0 Å². The lowest BCUT2D eigenvalue weighted by Gasteiger charge is -2.35. The molecule has 1 aliphatic heterocycles. The largest absolute Gasteiger partial charge is 0.368 e. The zero-order chi connectivity index (χ0) is 10.1. The smallest absolute Gasteiger partial charge is 0.0532 e. The topological polar surface area (TPSA) is 16.1 Å². The molecule has 0 radical (unpaired) electrons. The number of pyridine rings is 1. The lowest BCUT2D eigenvalue weighted by atomic mass is 9.99. The summed E-state index contributed by atoms with van der Waals surface area (Å²) < 4.78 is 0. The molecule has 0 N–H and O–H groups in total. The summed E-state index contributed by atoms with van der Waals surface area (Å²) in [6.07, 6.45) is 8.16. The van der Waals surface area contributed by atoms with Crippen LogP contribution in [0.1, 0.15) is 37.9 Å². The molecule has 2 heterocycles. The Morgan fingerprint density at radius 1 is 1.43 bits per heavy atom. The van der Waals surface area contributed by atoms with Crippen molar-refractivity contribution in [2.24, 2.45) is 0 Å². The maximum atomic E-state index is 4.18. The molecule has 1 atom stereocenters. The molecule has 74 valence electrons. The van der Waals surface area contributed by atoms with E-state index in [4.69, 9.17) is 0 Å². The Labute approximate surface area is 85.3 Å². The summed E-state index contributed by atoms with van der Waals surface area (Å²) in [6, 6.07) is 3.04. The highest BCUT2D eigenvalue weighted by Crippen LogP contribution is 2.30. The second-order valence-corrected chi connectivity index (χ2v) is 4.04. The lowest BCUT2D eigenvalue weighted by molar-refractivity contribution is 0.242. The molecule has 0 saturated heterocycles. The Hall–Kier alpha value is -1.31. The average molecular weight is 188 g/mol. The van der Waals surface area contributed by atoms with Crippen LogP contribution < -0.4 is 0 Å². The molecule has 0 spiro atoms. The van der Waals surface area contributed by atoms with Crippen LogP contribution in [-0.2, 0) is 0 Å². The highest BCUT2D eigenvalue weighted by atomic mass is 15.2. The molecule has 0 aliphatic carbocycles. The van der Waals surface area contributed by atoms with E-state index in [-0.39, 0.29) is 0 Å². The van der Waals surface area contributed by atoms with Crippen LogP contribution in [0, 0.1) is 0 Å². The van der Waals surface area contributed by atoms with Gasteiger partial charge in [-0.15, -0.1) is 0 Å². The summed E-state index contributed by atoms with van der Waals surface area (Å²) in [4.78, 5) is 6.53. The summed E-state index contributed by atoms with van der Waals surface area (Å²) in [5, 5.41) is 0. The zero-order valence-corrected chi connectivity index (χ0v) is 8.94. The van der Waals surface area contributed by atoms with Gasteiger partial charge < -0.3 is 4.90 Å². The molecule has 0 bridgehead atoms. The van der Waals surface area contributed by atoms with Crippen LogP contribution in [0.15, 0.2) is 24.7 Å². The molecule has 1 aromatic rings. The van der Waals surface area contributed by atoms with E-state index >= 15 is 0 Å². The van der Waals surface area contributed by atoms with Crippen molar-refractivity contribution in [1.29, 1.82) is 0 Å². The summed E-state index contributed by atoms with van der Waals surface area (Å²) >= 11 is 0. The van der Waals surface area contributed by atoms with Gasteiger partial charge in [-0.2, -0.15) is 0 Å². The number of nitrogens with zero attached hydrogens (tertiary/aromatic N) is 2. The van der Waals surface area contributed by atoms with Crippen LogP contribution in [0.4, 0.5) is 0 Å². The molecule has 14 heavy (non-hydrogen) atoms. The van der Waals surface area contributed by atoms with Crippen molar-refractivity contribution in [1.82, 2.24) is 9.88 Å². The Kier molecular flexibility index (Phi) is 2.28. The number of hydrogen-bond donors (Lipinski definition) is 0. The van der Waals surface area contributed by atoms with Crippen molar-refractivity contribution in [3.63, 3.8) is 0 Å². The summed E-state index contributed by atoms with van der Waals surface area (Å²) in [5.41, 5.74) is 2.62. The Balaban J connectivity index is 2.40. The molecule has 0 aromatic carbocycles. The van der Waals surface area contributed by atoms with Gasteiger partial charge >= 0.3 is 0 Å². The highest BCUT2D eigenvalue weighted by molar-refractivity contribution is 5.55. The van der Waals surface area contributed by atoms with E-state index in [1.807, 2.05) is 12.4 Å². The van der Waals surface area contributed by atoms with Crippen molar-refractivity contribution in [3.05, 3.63) is 35.8 Å². The average Bonchev–Trinajstić information content (AvgIpc) is 2.18. The van der Waals surface area contributed by atoms with Gasteiger partial charge in [0.1, 0.15) is 0 Å². The van der Waals surface area contributed by atoms with Crippen LogP contribution in [0.25, 0.3) is 6.08 Å². The minimum absolute atomic E-state index is 0.434. The van der Waals surface area contributed by atoms with E-state index in [1.54, 1.807) is 0 Å². The predicted molar refractivity (Wildman–Crippen MR) is 58.7 cm³/mol. The van der Waals surface area contributed by atoms with Gasteiger partial charge in [0, 0.05) is 24.6 Å². The molecular formula is C12H16N2. The first-order valence-corrected chi connectivity index (χ1v) is 5.09. The zero-order valence-electron chi connectivity index (χ0n) is 8.94. The quantitative estimate of drug-likeness (QED) is 0.673. The third kappa shape index (κ3) is 1.41. The number of hydrogen-bond acceptors (Lipinski definition) is 2. The third-order valence-electron chi connectivity index (χ3n) is 2.81. The van der Waals surface area contributed by atoms with Crippen LogP contribution >= 0.6 is 0 Å². The van der Waals surface area contributed by atoms with Crippen molar-refractivity contribution in [2.75, 3.05) is 0 Å². The molecule has 2 nitrogen and oxygen atoms in total. The minimum atomic E-state index is 0.434. The summed E-state index contributed by atoms with van der Waals surface area (Å²) in [6.45, 7) is 6.65. The minimum Gasteiger partial charge on any atom is -0.368 e. The highest BCUT2D eigenvalue weighted by Gasteiger charge is 2.20. The first-order valence-electron chi connectivity index (χ1n) is 5.09. The Morgan fingerprint density at radius 3 is 2.93 bits per heavy atom. The molecule has 0 amide bonds. The van der Waals surface area contributed by atoms with Crippen molar-refractivity contribution in [2.45, 2.75) is 32.9 Å². The fraction of sp³-hybridized carbons (Fsp3) is 0.417. The molecule has 2 heteroatoms. The van der Waals surface area contributed by atoms with Crippen molar-refractivity contribution >= 4 is 6.08 Å². The number of aromatic nitrogens is 1. The van der Waals surface area contributed by atoms with Crippen LogP contribution in [0.3, 0.4) is 0 Å². The van der Waals surface area contributed by atoms with Gasteiger partial charge in [-0.3, -0.25) is 4.98 Å². The first kappa shape index (κ1) is 9.25. The van der Waals surface area contributed by atoms with Crippen LogP contribution in [0.5, 0.6) is 0 Å². The van der Waals surface area contributed by atoms with Crippen LogP contribution in [0.2, 0.25) is 0 Å². The van der Waals surface area contributed by atoms with Crippen molar-refractivity contribution < 1.29 is 0 Å². The Bertz CT molecular complexity index is 355. The maximum absolute atomic E-state index is 4.18. The molecule has 1 aromatic heterocycles. The number of rotatable bonds is 1. The Morgan fingerprint density at radius 2 is 2.21 bits per heavy atom. The van der Waals surface area contributed by atoms with Crippen LogP contribution in [-0.4, -0.2) is 15.9 Å². The van der Waals surface area contributed by atoms with Gasteiger partial charge in [-0.05, 0) is 44.0 Å². The number of fused-ring (bicyclic) bond motifs is 1.